The molecule has 0 aliphatic carbocycles. The summed E-state index contributed by atoms with van der Waals surface area (Å²) in [7, 11) is 0. The lowest BCUT2D eigenvalue weighted by molar-refractivity contribution is -0.0410. The summed E-state index contributed by atoms with van der Waals surface area (Å²) < 4.78 is 6.07. The third-order valence-corrected chi connectivity index (χ3v) is 6.69. The molecule has 2 N–H and O–H groups in total. The fourth-order valence-corrected chi connectivity index (χ4v) is 4.40. The number of nitrogens with zero attached hydrogens (tertiary/aromatic N) is 1. The molecule has 0 spiro atoms. The number of pyridine rings is 1. The van der Waals surface area contributed by atoms with Crippen LogP contribution in [0.1, 0.15) is 64.5 Å². The van der Waals surface area contributed by atoms with Gasteiger partial charge in [0, 0.05) is 24.2 Å². The van der Waals surface area contributed by atoms with Crippen molar-refractivity contribution < 1.29 is 9.84 Å². The van der Waals surface area contributed by atoms with Gasteiger partial charge < -0.3 is 15.2 Å². The molecule has 1 aliphatic rings. The molecule has 0 amide bonds. The van der Waals surface area contributed by atoms with E-state index in [1.54, 1.807) is 0 Å². The van der Waals surface area contributed by atoms with Gasteiger partial charge in [0.25, 0.3) is 0 Å². The van der Waals surface area contributed by atoms with Crippen LogP contribution in [0.3, 0.4) is 0 Å². The number of halogens is 1. The second kappa shape index (κ2) is 9.74. The normalized spacial score (nSPS) is 18.9. The van der Waals surface area contributed by atoms with Crippen molar-refractivity contribution in [1.29, 1.82) is 0 Å². The molecule has 30 heavy (non-hydrogen) atoms. The smallest absolute Gasteiger partial charge is 0.129 e. The van der Waals surface area contributed by atoms with Crippen molar-refractivity contribution in [2.45, 2.75) is 78.4 Å². The average Bonchev–Trinajstić information content (AvgIpc) is 2.67. The highest BCUT2D eigenvalue weighted by Gasteiger charge is 2.35. The lowest BCUT2D eigenvalue weighted by Crippen LogP contribution is -2.46. The summed E-state index contributed by atoms with van der Waals surface area (Å²) in [6, 6.07) is 6.25. The van der Waals surface area contributed by atoms with E-state index in [9.17, 15) is 5.11 Å². The van der Waals surface area contributed by atoms with E-state index in [4.69, 9.17) is 21.3 Å². The number of anilines is 1. The predicted molar refractivity (Wildman–Crippen MR) is 127 cm³/mol. The molecule has 0 radical (unpaired) electrons. The van der Waals surface area contributed by atoms with Gasteiger partial charge in [-0.15, -0.1) is 11.6 Å². The number of hydrogen-bond acceptors (Lipinski definition) is 4. The van der Waals surface area contributed by atoms with Crippen LogP contribution in [0.4, 0.5) is 5.82 Å². The predicted octanol–water partition coefficient (Wildman–Crippen LogP) is 6.10. The maximum absolute atomic E-state index is 10.4. The van der Waals surface area contributed by atoms with Gasteiger partial charge in [-0.2, -0.15) is 0 Å². The maximum Gasteiger partial charge on any atom is 0.129 e. The Morgan fingerprint density at radius 3 is 2.70 bits per heavy atom. The molecule has 166 valence electrons. The second-order valence-electron chi connectivity index (χ2n) is 9.79. The van der Waals surface area contributed by atoms with Crippen LogP contribution in [0.25, 0.3) is 10.9 Å². The van der Waals surface area contributed by atoms with Crippen LogP contribution in [0.15, 0.2) is 18.2 Å². The van der Waals surface area contributed by atoms with E-state index >= 15 is 0 Å². The van der Waals surface area contributed by atoms with Gasteiger partial charge in [-0.1, -0.05) is 20.3 Å². The molecular weight excluding hydrogens is 396 g/mol. The van der Waals surface area contributed by atoms with Crippen LogP contribution in [0, 0.1) is 18.8 Å². The number of aryl methyl sites for hydroxylation is 1. The number of rotatable bonds is 9. The minimum atomic E-state index is -0.570. The molecular formula is C25H37ClN2O2. The first kappa shape index (κ1) is 23.1. The third-order valence-electron chi connectivity index (χ3n) is 6.25. The van der Waals surface area contributed by atoms with Gasteiger partial charge in [0.15, 0.2) is 0 Å². The minimum Gasteiger partial charge on any atom is -0.485 e. The number of aliphatic hydroxyl groups is 1. The molecule has 1 aliphatic heterocycles. The SMILES string of the molecule is Cc1cc(NCCCC(CCl)CCC(C)C)nc2cc3c(cc12)OC(C)(C)[C@H](O)C3. The summed E-state index contributed by atoms with van der Waals surface area (Å²) in [5.74, 6) is 3.85. The molecule has 1 aromatic heterocycles. The van der Waals surface area contributed by atoms with Gasteiger partial charge in [-0.3, -0.25) is 0 Å². The number of aromatic nitrogens is 1. The number of benzene rings is 1. The average molecular weight is 433 g/mol. The summed E-state index contributed by atoms with van der Waals surface area (Å²) in [6.07, 6.45) is 4.77. The fraction of sp³-hybridized carbons (Fsp3) is 0.640. The Bertz CT molecular complexity index is 866. The molecule has 4 nitrogen and oxygen atoms in total. The highest BCUT2D eigenvalue weighted by atomic mass is 35.5. The first-order valence-electron chi connectivity index (χ1n) is 11.3. The van der Waals surface area contributed by atoms with E-state index in [-0.39, 0.29) is 0 Å². The molecule has 0 saturated heterocycles. The standard InChI is InChI=1S/C25H37ClN2O2/c1-16(2)8-9-18(15-26)7-6-10-27-24-11-17(3)20-14-22-19(12-21(20)28-24)13-23(29)25(4,5)30-22/h11-12,14,16,18,23,29H,6-10,13,15H2,1-5H3,(H,27,28)/t18?,23-/m1/s1. The number of ether oxygens (including phenoxy) is 1. The lowest BCUT2D eigenvalue weighted by atomic mass is 9.90. The molecule has 3 rings (SSSR count). The van der Waals surface area contributed by atoms with Gasteiger partial charge >= 0.3 is 0 Å². The van der Waals surface area contributed by atoms with Gasteiger partial charge in [-0.05, 0) is 81.2 Å². The van der Waals surface area contributed by atoms with Crippen molar-refractivity contribution >= 4 is 28.3 Å². The van der Waals surface area contributed by atoms with Crippen LogP contribution in [-0.2, 0) is 6.42 Å². The highest BCUT2D eigenvalue weighted by Crippen LogP contribution is 2.37. The van der Waals surface area contributed by atoms with E-state index < -0.39 is 11.7 Å². The molecule has 2 atom stereocenters. The monoisotopic (exact) mass is 432 g/mol. The second-order valence-corrected chi connectivity index (χ2v) is 10.1. The Morgan fingerprint density at radius 1 is 1.23 bits per heavy atom. The Morgan fingerprint density at radius 2 is 2.00 bits per heavy atom. The minimum absolute atomic E-state index is 0.518. The largest absolute Gasteiger partial charge is 0.485 e. The lowest BCUT2D eigenvalue weighted by Gasteiger charge is -2.37. The molecule has 0 fully saturated rings. The molecule has 1 unspecified atom stereocenters. The number of hydrogen-bond donors (Lipinski definition) is 2. The summed E-state index contributed by atoms with van der Waals surface area (Å²) in [4.78, 5) is 4.83. The van der Waals surface area contributed by atoms with E-state index in [2.05, 4.69) is 44.3 Å². The van der Waals surface area contributed by atoms with E-state index in [1.807, 2.05) is 13.8 Å². The first-order chi connectivity index (χ1) is 14.2. The van der Waals surface area contributed by atoms with Crippen molar-refractivity contribution in [3.05, 3.63) is 29.3 Å². The van der Waals surface area contributed by atoms with E-state index in [0.29, 0.717) is 12.3 Å². The highest BCUT2D eigenvalue weighted by molar-refractivity contribution is 6.18. The van der Waals surface area contributed by atoms with Crippen molar-refractivity contribution in [3.8, 4) is 5.75 Å². The number of fused-ring (bicyclic) bond motifs is 2. The van der Waals surface area contributed by atoms with Gasteiger partial charge in [0.05, 0.1) is 11.6 Å². The van der Waals surface area contributed by atoms with Gasteiger partial charge in [0.2, 0.25) is 0 Å². The molecule has 0 bridgehead atoms. The zero-order chi connectivity index (χ0) is 21.9. The fourth-order valence-electron chi connectivity index (χ4n) is 4.09. The number of aliphatic hydroxyl groups excluding tert-OH is 1. The van der Waals surface area contributed by atoms with Crippen LogP contribution in [-0.4, -0.2) is 34.2 Å². The van der Waals surface area contributed by atoms with Crippen LogP contribution >= 0.6 is 11.6 Å². The summed E-state index contributed by atoms with van der Waals surface area (Å²) in [5.41, 5.74) is 2.57. The topological polar surface area (TPSA) is 54.4 Å². The summed E-state index contributed by atoms with van der Waals surface area (Å²) in [5, 5.41) is 15.0. The number of alkyl halides is 1. The first-order valence-corrected chi connectivity index (χ1v) is 11.8. The quantitative estimate of drug-likeness (QED) is 0.371. The zero-order valence-electron chi connectivity index (χ0n) is 19.1. The summed E-state index contributed by atoms with van der Waals surface area (Å²) in [6.45, 7) is 11.4. The van der Waals surface area contributed by atoms with Crippen LogP contribution in [0.2, 0.25) is 0 Å². The maximum atomic E-state index is 10.4. The molecule has 2 heterocycles. The molecule has 5 heteroatoms. The number of nitrogens with one attached hydrogen (secondary N) is 1. The van der Waals surface area contributed by atoms with Crippen molar-refractivity contribution in [2.75, 3.05) is 17.7 Å². The molecule has 1 aromatic carbocycles. The van der Waals surface area contributed by atoms with Crippen molar-refractivity contribution in [2.24, 2.45) is 11.8 Å². The van der Waals surface area contributed by atoms with Gasteiger partial charge in [0.1, 0.15) is 17.2 Å². The third kappa shape index (κ3) is 5.59. The Hall–Kier alpha value is -1.52. The van der Waals surface area contributed by atoms with Crippen LogP contribution < -0.4 is 10.1 Å². The molecule has 0 saturated carbocycles. The van der Waals surface area contributed by atoms with Crippen molar-refractivity contribution in [3.63, 3.8) is 0 Å². The summed E-state index contributed by atoms with van der Waals surface area (Å²) >= 11 is 6.16. The van der Waals surface area contributed by atoms with E-state index in [0.717, 1.165) is 59.2 Å². The Labute approximate surface area is 186 Å². The van der Waals surface area contributed by atoms with Crippen LogP contribution in [0.5, 0.6) is 5.75 Å². The zero-order valence-corrected chi connectivity index (χ0v) is 19.9. The Kier molecular flexibility index (Phi) is 7.52. The molecule has 2 aromatic rings. The van der Waals surface area contributed by atoms with Gasteiger partial charge in [-0.25, -0.2) is 4.98 Å². The van der Waals surface area contributed by atoms with Crippen molar-refractivity contribution in [1.82, 2.24) is 4.98 Å². The van der Waals surface area contributed by atoms with E-state index in [1.165, 1.54) is 18.4 Å². The Balaban J connectivity index is 1.65.